The van der Waals surface area contributed by atoms with Crippen molar-refractivity contribution in [3.8, 4) is 17.1 Å². The van der Waals surface area contributed by atoms with E-state index in [9.17, 15) is 9.90 Å². The Morgan fingerprint density at radius 3 is 2.68 bits per heavy atom. The Morgan fingerprint density at radius 1 is 1.15 bits per heavy atom. The maximum atomic E-state index is 10.6. The molecule has 0 radical (unpaired) electrons. The molecule has 1 aliphatic heterocycles. The van der Waals surface area contributed by atoms with E-state index >= 15 is 0 Å². The SMILES string of the molecule is C[C@@H]1CN([C@H](c2ccc(-c3nnn(CCCCC(=O)O)n3)cc2)c2cccc(O)c2)[C@@H](C)CN1. The van der Waals surface area contributed by atoms with Crippen LogP contribution in [-0.4, -0.2) is 66.5 Å². The monoisotopic (exact) mass is 464 g/mol. The van der Waals surface area contributed by atoms with Gasteiger partial charge in [0.2, 0.25) is 5.82 Å². The zero-order valence-electron chi connectivity index (χ0n) is 19.6. The van der Waals surface area contributed by atoms with E-state index in [0.29, 0.717) is 37.3 Å². The van der Waals surface area contributed by atoms with Crippen molar-refractivity contribution in [3.63, 3.8) is 0 Å². The van der Waals surface area contributed by atoms with E-state index in [1.54, 1.807) is 6.07 Å². The summed E-state index contributed by atoms with van der Waals surface area (Å²) in [6.45, 7) is 6.77. The second kappa shape index (κ2) is 10.8. The minimum absolute atomic E-state index is 0.0126. The zero-order valence-corrected chi connectivity index (χ0v) is 19.6. The molecule has 0 saturated carbocycles. The number of carboxylic acids is 1. The number of carboxylic acid groups (broad SMARTS) is 1. The molecule has 0 bridgehead atoms. The number of phenolic OH excluding ortho intramolecular Hbond substituents is 1. The van der Waals surface area contributed by atoms with Crippen LogP contribution in [0.2, 0.25) is 0 Å². The van der Waals surface area contributed by atoms with Crippen LogP contribution in [0.25, 0.3) is 11.4 Å². The lowest BCUT2D eigenvalue weighted by atomic mass is 9.93. The lowest BCUT2D eigenvalue weighted by Gasteiger charge is -2.43. The highest BCUT2D eigenvalue weighted by atomic mass is 16.4. The molecule has 0 amide bonds. The van der Waals surface area contributed by atoms with Gasteiger partial charge in [0, 0.05) is 37.2 Å². The summed E-state index contributed by atoms with van der Waals surface area (Å²) in [7, 11) is 0. The minimum atomic E-state index is -0.791. The van der Waals surface area contributed by atoms with Crippen LogP contribution in [0.1, 0.15) is 50.3 Å². The summed E-state index contributed by atoms with van der Waals surface area (Å²) in [6, 6.07) is 16.4. The average molecular weight is 465 g/mol. The minimum Gasteiger partial charge on any atom is -0.508 e. The number of hydrogen-bond acceptors (Lipinski definition) is 7. The Balaban J connectivity index is 1.54. The molecule has 9 heteroatoms. The smallest absolute Gasteiger partial charge is 0.303 e. The van der Waals surface area contributed by atoms with Crippen molar-refractivity contribution >= 4 is 5.97 Å². The van der Waals surface area contributed by atoms with Gasteiger partial charge < -0.3 is 15.5 Å². The van der Waals surface area contributed by atoms with Crippen LogP contribution < -0.4 is 5.32 Å². The predicted octanol–water partition coefficient (Wildman–Crippen LogP) is 3.07. The zero-order chi connectivity index (χ0) is 24.1. The van der Waals surface area contributed by atoms with Gasteiger partial charge in [-0.2, -0.15) is 4.80 Å². The van der Waals surface area contributed by atoms with E-state index < -0.39 is 5.97 Å². The molecule has 0 aliphatic carbocycles. The number of aromatic nitrogens is 4. The van der Waals surface area contributed by atoms with E-state index in [1.165, 1.54) is 4.80 Å². The molecular formula is C25H32N6O3. The topological polar surface area (TPSA) is 116 Å². The Labute approximate surface area is 199 Å². The first-order valence-electron chi connectivity index (χ1n) is 11.8. The molecule has 9 nitrogen and oxygen atoms in total. The molecule has 0 unspecified atom stereocenters. The van der Waals surface area contributed by atoms with E-state index in [0.717, 1.165) is 29.8 Å². The molecule has 3 N–H and O–H groups in total. The van der Waals surface area contributed by atoms with Gasteiger partial charge in [-0.05, 0) is 55.2 Å². The van der Waals surface area contributed by atoms with Crippen molar-refractivity contribution in [3.05, 3.63) is 59.7 Å². The van der Waals surface area contributed by atoms with Crippen molar-refractivity contribution in [1.82, 2.24) is 30.4 Å². The van der Waals surface area contributed by atoms with Crippen molar-refractivity contribution in [2.45, 2.75) is 57.8 Å². The molecule has 3 atom stereocenters. The molecule has 34 heavy (non-hydrogen) atoms. The predicted molar refractivity (Wildman–Crippen MR) is 128 cm³/mol. The summed E-state index contributed by atoms with van der Waals surface area (Å²) in [5.41, 5.74) is 3.06. The third-order valence-electron chi connectivity index (χ3n) is 6.27. The van der Waals surface area contributed by atoms with Gasteiger partial charge in [0.05, 0.1) is 12.6 Å². The van der Waals surface area contributed by atoms with Crippen LogP contribution in [-0.2, 0) is 11.3 Å². The first kappa shape index (κ1) is 23.8. The summed E-state index contributed by atoms with van der Waals surface area (Å²) in [6.07, 6.45) is 1.42. The lowest BCUT2D eigenvalue weighted by Crippen LogP contribution is -2.55. The Morgan fingerprint density at radius 2 is 1.94 bits per heavy atom. The van der Waals surface area contributed by atoms with E-state index in [2.05, 4.69) is 57.7 Å². The highest BCUT2D eigenvalue weighted by Crippen LogP contribution is 2.34. The number of unbranched alkanes of at least 4 members (excludes halogenated alkanes) is 1. The third-order valence-corrected chi connectivity index (χ3v) is 6.27. The van der Waals surface area contributed by atoms with E-state index in [-0.39, 0.29) is 18.2 Å². The summed E-state index contributed by atoms with van der Waals surface area (Å²) in [5.74, 6) is 0.0167. The quantitative estimate of drug-likeness (QED) is 0.414. The maximum absolute atomic E-state index is 10.6. The van der Waals surface area contributed by atoms with Crippen LogP contribution in [0.5, 0.6) is 5.75 Å². The highest BCUT2D eigenvalue weighted by molar-refractivity contribution is 5.66. The number of hydrogen-bond donors (Lipinski definition) is 3. The molecule has 2 heterocycles. The number of tetrazole rings is 1. The van der Waals surface area contributed by atoms with E-state index in [4.69, 9.17) is 5.11 Å². The van der Waals surface area contributed by atoms with E-state index in [1.807, 2.05) is 24.3 Å². The molecule has 1 saturated heterocycles. The number of phenols is 1. The molecule has 1 aliphatic rings. The van der Waals surface area contributed by atoms with Gasteiger partial charge in [-0.25, -0.2) is 0 Å². The molecule has 3 aromatic rings. The third kappa shape index (κ3) is 5.78. The average Bonchev–Trinajstić information content (AvgIpc) is 3.29. The molecular weight excluding hydrogens is 432 g/mol. The molecule has 0 spiro atoms. The standard InChI is InChI=1S/C25H32N6O3/c1-17-16-30(18(2)15-26-17)24(21-6-5-7-22(32)14-21)19-9-11-20(12-10-19)25-27-29-31(28-25)13-4-3-8-23(33)34/h5-7,9-12,14,17-18,24,26,32H,3-4,8,13,15-16H2,1-2H3,(H,33,34)/t17-,18+,24-/m1/s1. The van der Waals surface area contributed by atoms with Gasteiger partial charge >= 0.3 is 5.97 Å². The van der Waals surface area contributed by atoms with Crippen molar-refractivity contribution in [2.75, 3.05) is 13.1 Å². The first-order valence-corrected chi connectivity index (χ1v) is 11.8. The molecule has 1 fully saturated rings. The molecule has 2 aromatic carbocycles. The van der Waals surface area contributed by atoms with Gasteiger partial charge in [0.25, 0.3) is 0 Å². The fourth-order valence-electron chi connectivity index (χ4n) is 4.48. The second-order valence-electron chi connectivity index (χ2n) is 9.03. The van der Waals surface area contributed by atoms with Gasteiger partial charge in [0.1, 0.15) is 5.75 Å². The van der Waals surface area contributed by atoms with Gasteiger partial charge in [-0.3, -0.25) is 9.69 Å². The Kier molecular flexibility index (Phi) is 7.54. The van der Waals surface area contributed by atoms with Gasteiger partial charge in [0.15, 0.2) is 0 Å². The van der Waals surface area contributed by atoms with Crippen molar-refractivity contribution in [1.29, 1.82) is 0 Å². The molecule has 4 rings (SSSR count). The number of nitrogens with one attached hydrogen (secondary N) is 1. The Bertz CT molecular complexity index is 1100. The molecule has 180 valence electrons. The summed E-state index contributed by atoms with van der Waals surface area (Å²) >= 11 is 0. The number of piperazine rings is 1. The van der Waals surface area contributed by atoms with Crippen LogP contribution >= 0.6 is 0 Å². The number of aromatic hydroxyl groups is 1. The van der Waals surface area contributed by atoms with Crippen LogP contribution in [0, 0.1) is 0 Å². The van der Waals surface area contributed by atoms with Crippen LogP contribution in [0.4, 0.5) is 0 Å². The second-order valence-corrected chi connectivity index (χ2v) is 9.03. The number of nitrogens with zero attached hydrogens (tertiary/aromatic N) is 5. The lowest BCUT2D eigenvalue weighted by molar-refractivity contribution is -0.137. The maximum Gasteiger partial charge on any atom is 0.303 e. The van der Waals surface area contributed by atoms with Gasteiger partial charge in [-0.1, -0.05) is 36.4 Å². The fourth-order valence-corrected chi connectivity index (χ4v) is 4.48. The number of aliphatic carboxylic acids is 1. The molecule has 1 aromatic heterocycles. The van der Waals surface area contributed by atoms with Crippen LogP contribution in [0.3, 0.4) is 0 Å². The summed E-state index contributed by atoms with van der Waals surface area (Å²) in [4.78, 5) is 14.6. The Hall–Kier alpha value is -3.30. The normalized spacial score (nSPS) is 19.7. The van der Waals surface area contributed by atoms with Crippen molar-refractivity contribution < 1.29 is 15.0 Å². The first-order chi connectivity index (χ1) is 16.4. The fraction of sp³-hybridized carbons (Fsp3) is 0.440. The largest absolute Gasteiger partial charge is 0.508 e. The summed E-state index contributed by atoms with van der Waals surface area (Å²) in [5, 5.41) is 35.2. The highest BCUT2D eigenvalue weighted by Gasteiger charge is 2.31. The number of benzene rings is 2. The number of carbonyl (C=O) groups is 1. The van der Waals surface area contributed by atoms with Crippen LogP contribution in [0.15, 0.2) is 48.5 Å². The number of rotatable bonds is 9. The number of aryl methyl sites for hydroxylation is 1. The summed E-state index contributed by atoms with van der Waals surface area (Å²) < 4.78 is 0. The van der Waals surface area contributed by atoms with Crippen molar-refractivity contribution in [2.24, 2.45) is 0 Å². The van der Waals surface area contributed by atoms with Gasteiger partial charge in [-0.15, -0.1) is 10.2 Å².